The topological polar surface area (TPSA) is 63.7 Å². The van der Waals surface area contributed by atoms with Crippen molar-refractivity contribution >= 4 is 17.2 Å². The van der Waals surface area contributed by atoms with Gasteiger partial charge < -0.3 is 19.7 Å². The molecule has 0 saturated carbocycles. The molecule has 25 heavy (non-hydrogen) atoms. The second-order valence-electron chi connectivity index (χ2n) is 6.33. The minimum atomic E-state index is 0.167. The summed E-state index contributed by atoms with van der Waals surface area (Å²) in [5.74, 6) is 1.68. The van der Waals surface area contributed by atoms with Gasteiger partial charge in [0.2, 0.25) is 12.7 Å². The van der Waals surface area contributed by atoms with Gasteiger partial charge >= 0.3 is 0 Å². The average Bonchev–Trinajstić information content (AvgIpc) is 3.34. The highest BCUT2D eigenvalue weighted by atomic mass is 32.1. The van der Waals surface area contributed by atoms with Crippen molar-refractivity contribution in [1.29, 1.82) is 0 Å². The number of amides is 1. The summed E-state index contributed by atoms with van der Waals surface area (Å²) < 4.78 is 10.8. The monoisotopic (exact) mass is 359 g/mol. The van der Waals surface area contributed by atoms with E-state index < -0.39 is 0 Å². The quantitative estimate of drug-likeness (QED) is 0.887. The van der Waals surface area contributed by atoms with Crippen molar-refractivity contribution in [2.24, 2.45) is 0 Å². The third kappa shape index (κ3) is 3.34. The van der Waals surface area contributed by atoms with Crippen LogP contribution in [0.15, 0.2) is 23.6 Å². The first-order chi connectivity index (χ1) is 12.2. The maximum absolute atomic E-state index is 12.6. The summed E-state index contributed by atoms with van der Waals surface area (Å²) in [5, 5.41) is 6.05. The number of likely N-dealkylation sites (N-methyl/N-ethyl adjacent to an activating group) is 1. The fraction of sp³-hybridized carbons (Fsp3) is 0.444. The molecular formula is C18H21N3O3S. The highest BCUT2D eigenvalue weighted by Crippen LogP contribution is 2.36. The largest absolute Gasteiger partial charge is 0.454 e. The van der Waals surface area contributed by atoms with Crippen LogP contribution in [0.25, 0.3) is 10.6 Å². The number of carbonyl (C=O) groups is 1. The molecule has 1 aromatic heterocycles. The molecular weight excluding hydrogens is 338 g/mol. The Kier molecular flexibility index (Phi) is 4.59. The van der Waals surface area contributed by atoms with Crippen LogP contribution in [0.4, 0.5) is 0 Å². The first-order valence-corrected chi connectivity index (χ1v) is 9.41. The van der Waals surface area contributed by atoms with Gasteiger partial charge in [0.05, 0.1) is 12.1 Å². The first-order valence-electron chi connectivity index (χ1n) is 8.53. The Balaban J connectivity index is 1.45. The van der Waals surface area contributed by atoms with Crippen LogP contribution >= 0.6 is 11.3 Å². The summed E-state index contributed by atoms with van der Waals surface area (Å²) in [6, 6.07) is 6.12. The van der Waals surface area contributed by atoms with Crippen molar-refractivity contribution in [1.82, 2.24) is 15.2 Å². The van der Waals surface area contributed by atoms with E-state index in [1.54, 1.807) is 11.3 Å². The van der Waals surface area contributed by atoms with E-state index in [1.165, 1.54) is 0 Å². The number of fused-ring (bicyclic) bond motifs is 1. The molecule has 2 aliphatic rings. The summed E-state index contributed by atoms with van der Waals surface area (Å²) in [7, 11) is 1.93. The third-order valence-corrected chi connectivity index (χ3v) is 5.58. The number of hydrogen-bond acceptors (Lipinski definition) is 6. The van der Waals surface area contributed by atoms with E-state index in [2.05, 4.69) is 10.3 Å². The number of nitrogens with zero attached hydrogens (tertiary/aromatic N) is 2. The van der Waals surface area contributed by atoms with Crippen molar-refractivity contribution in [3.63, 3.8) is 0 Å². The van der Waals surface area contributed by atoms with Gasteiger partial charge in [-0.2, -0.15) is 0 Å². The smallest absolute Gasteiger partial charge is 0.231 e. The van der Waals surface area contributed by atoms with Crippen LogP contribution in [0.2, 0.25) is 0 Å². The van der Waals surface area contributed by atoms with Gasteiger partial charge in [-0.1, -0.05) is 0 Å². The fourth-order valence-electron chi connectivity index (χ4n) is 3.42. The van der Waals surface area contributed by atoms with E-state index in [4.69, 9.17) is 9.47 Å². The number of rotatable bonds is 5. The van der Waals surface area contributed by atoms with E-state index >= 15 is 0 Å². The SMILES string of the molecule is CNCC1CCCN1C(=O)Cc1csc(-c2ccc3c(c2)OCO3)n1. The number of nitrogens with one attached hydrogen (secondary N) is 1. The molecule has 132 valence electrons. The van der Waals surface area contributed by atoms with Gasteiger partial charge in [-0.05, 0) is 38.1 Å². The highest BCUT2D eigenvalue weighted by Gasteiger charge is 2.28. The van der Waals surface area contributed by atoms with E-state index in [9.17, 15) is 4.79 Å². The van der Waals surface area contributed by atoms with Gasteiger partial charge in [0, 0.05) is 30.1 Å². The number of aromatic nitrogens is 1. The van der Waals surface area contributed by atoms with E-state index in [0.717, 1.165) is 53.7 Å². The third-order valence-electron chi connectivity index (χ3n) is 4.64. The van der Waals surface area contributed by atoms with Crippen LogP contribution in [0.3, 0.4) is 0 Å². The van der Waals surface area contributed by atoms with Crippen molar-refractivity contribution in [2.75, 3.05) is 26.9 Å². The molecule has 4 rings (SSSR count). The predicted octanol–water partition coefficient (Wildman–Crippen LogP) is 2.29. The fourth-order valence-corrected chi connectivity index (χ4v) is 4.24. The van der Waals surface area contributed by atoms with Crippen LogP contribution in [0, 0.1) is 0 Å². The highest BCUT2D eigenvalue weighted by molar-refractivity contribution is 7.13. The molecule has 3 heterocycles. The molecule has 2 aliphatic heterocycles. The second-order valence-corrected chi connectivity index (χ2v) is 7.19. The molecule has 1 atom stereocenters. The minimum Gasteiger partial charge on any atom is -0.454 e. The predicted molar refractivity (Wildman–Crippen MR) is 96.0 cm³/mol. The van der Waals surface area contributed by atoms with Crippen molar-refractivity contribution in [3.05, 3.63) is 29.3 Å². The normalized spacial score (nSPS) is 18.8. The van der Waals surface area contributed by atoms with E-state index in [0.29, 0.717) is 12.5 Å². The van der Waals surface area contributed by atoms with Gasteiger partial charge in [0.1, 0.15) is 5.01 Å². The van der Waals surface area contributed by atoms with Crippen molar-refractivity contribution in [2.45, 2.75) is 25.3 Å². The molecule has 1 aromatic carbocycles. The average molecular weight is 359 g/mol. The Morgan fingerprint density at radius 2 is 2.28 bits per heavy atom. The van der Waals surface area contributed by atoms with Crippen LogP contribution < -0.4 is 14.8 Å². The lowest BCUT2D eigenvalue weighted by Crippen LogP contribution is -2.41. The Labute approximate surface area is 150 Å². The lowest BCUT2D eigenvalue weighted by Gasteiger charge is -2.24. The number of likely N-dealkylation sites (tertiary alicyclic amines) is 1. The summed E-state index contributed by atoms with van der Waals surface area (Å²) in [6.07, 6.45) is 2.52. The Bertz CT molecular complexity index is 777. The van der Waals surface area contributed by atoms with Crippen LogP contribution in [-0.4, -0.2) is 48.8 Å². The summed E-state index contributed by atoms with van der Waals surface area (Å²) >= 11 is 1.55. The number of thiazole rings is 1. The zero-order chi connectivity index (χ0) is 17.2. The molecule has 0 spiro atoms. The van der Waals surface area contributed by atoms with Crippen LogP contribution in [0.5, 0.6) is 11.5 Å². The first kappa shape index (κ1) is 16.4. The van der Waals surface area contributed by atoms with E-state index in [1.807, 2.05) is 35.5 Å². The molecule has 1 N–H and O–H groups in total. The molecule has 1 amide bonds. The number of hydrogen-bond donors (Lipinski definition) is 1. The Morgan fingerprint density at radius 3 is 3.16 bits per heavy atom. The van der Waals surface area contributed by atoms with Gasteiger partial charge in [-0.25, -0.2) is 4.98 Å². The van der Waals surface area contributed by atoms with Gasteiger partial charge in [0.25, 0.3) is 0 Å². The summed E-state index contributed by atoms with van der Waals surface area (Å²) in [6.45, 7) is 1.97. The molecule has 1 unspecified atom stereocenters. The lowest BCUT2D eigenvalue weighted by atomic mass is 10.2. The zero-order valence-corrected chi connectivity index (χ0v) is 15.0. The van der Waals surface area contributed by atoms with Gasteiger partial charge in [-0.15, -0.1) is 11.3 Å². The maximum Gasteiger partial charge on any atom is 0.231 e. The lowest BCUT2D eigenvalue weighted by molar-refractivity contribution is -0.131. The molecule has 0 aliphatic carbocycles. The molecule has 2 aromatic rings. The molecule has 0 bridgehead atoms. The summed E-state index contributed by atoms with van der Waals surface area (Å²) in [5.41, 5.74) is 1.82. The minimum absolute atomic E-state index is 0.167. The van der Waals surface area contributed by atoms with Gasteiger partial charge in [0.15, 0.2) is 11.5 Å². The standard InChI is InChI=1S/C18H21N3O3S/c1-19-9-14-3-2-6-21(14)17(22)8-13-10-25-18(20-13)12-4-5-15-16(7-12)24-11-23-15/h4-5,7,10,14,19H,2-3,6,8-9,11H2,1H3. The molecule has 1 fully saturated rings. The van der Waals surface area contributed by atoms with Crippen LogP contribution in [0.1, 0.15) is 18.5 Å². The van der Waals surface area contributed by atoms with Crippen LogP contribution in [-0.2, 0) is 11.2 Å². The molecule has 6 nitrogen and oxygen atoms in total. The van der Waals surface area contributed by atoms with Crippen molar-refractivity contribution in [3.8, 4) is 22.1 Å². The number of benzene rings is 1. The number of carbonyl (C=O) groups excluding carboxylic acids is 1. The Hall–Kier alpha value is -2.12. The molecule has 1 saturated heterocycles. The Morgan fingerprint density at radius 1 is 1.40 bits per heavy atom. The second kappa shape index (κ2) is 7.01. The number of ether oxygens (including phenoxy) is 2. The van der Waals surface area contributed by atoms with Gasteiger partial charge in [-0.3, -0.25) is 4.79 Å². The van der Waals surface area contributed by atoms with E-state index in [-0.39, 0.29) is 12.7 Å². The summed E-state index contributed by atoms with van der Waals surface area (Å²) in [4.78, 5) is 19.3. The maximum atomic E-state index is 12.6. The zero-order valence-electron chi connectivity index (χ0n) is 14.2. The molecule has 0 radical (unpaired) electrons. The van der Waals surface area contributed by atoms with Crippen molar-refractivity contribution < 1.29 is 14.3 Å². The molecule has 7 heteroatoms.